The molecule has 96 valence electrons. The summed E-state index contributed by atoms with van der Waals surface area (Å²) in [5.74, 6) is -0.211. The van der Waals surface area contributed by atoms with E-state index in [2.05, 4.69) is 18.0 Å². The minimum Gasteiger partial charge on any atom is -0.299 e. The number of nitriles is 1. The lowest BCUT2D eigenvalue weighted by Gasteiger charge is -2.31. The number of nitrogens with zero attached hydrogens (tertiary/aromatic N) is 2. The summed E-state index contributed by atoms with van der Waals surface area (Å²) in [4.78, 5) is 2.22. The first-order chi connectivity index (χ1) is 8.70. The lowest BCUT2D eigenvalue weighted by Crippen LogP contribution is -2.33. The number of halogens is 1. The van der Waals surface area contributed by atoms with Crippen LogP contribution in [-0.2, 0) is 6.54 Å². The first kappa shape index (κ1) is 13.0. The topological polar surface area (TPSA) is 27.0 Å². The second kappa shape index (κ2) is 5.97. The van der Waals surface area contributed by atoms with Gasteiger partial charge < -0.3 is 0 Å². The maximum Gasteiger partial charge on any atom is 0.127 e. The van der Waals surface area contributed by atoms with Crippen molar-refractivity contribution in [2.45, 2.75) is 44.7 Å². The van der Waals surface area contributed by atoms with Crippen LogP contribution >= 0.6 is 0 Å². The normalized spacial score (nSPS) is 16.8. The van der Waals surface area contributed by atoms with Crippen LogP contribution < -0.4 is 0 Å². The Morgan fingerprint density at radius 1 is 1.33 bits per heavy atom. The third-order valence-electron chi connectivity index (χ3n) is 3.79. The molecule has 1 fully saturated rings. The molecule has 1 aromatic rings. The van der Waals surface area contributed by atoms with Gasteiger partial charge in [-0.1, -0.05) is 19.3 Å². The van der Waals surface area contributed by atoms with Crippen molar-refractivity contribution in [1.29, 1.82) is 5.26 Å². The molecule has 0 aromatic heterocycles. The summed E-state index contributed by atoms with van der Waals surface area (Å²) >= 11 is 0. The van der Waals surface area contributed by atoms with Gasteiger partial charge in [-0.15, -0.1) is 0 Å². The minimum absolute atomic E-state index is 0.211. The molecule has 0 radical (unpaired) electrons. The van der Waals surface area contributed by atoms with Gasteiger partial charge in [0.2, 0.25) is 0 Å². The van der Waals surface area contributed by atoms with Crippen molar-refractivity contribution >= 4 is 0 Å². The highest BCUT2D eigenvalue weighted by atomic mass is 19.1. The Balaban J connectivity index is 2.06. The van der Waals surface area contributed by atoms with Gasteiger partial charge in [-0.25, -0.2) is 4.39 Å². The summed E-state index contributed by atoms with van der Waals surface area (Å²) in [6.45, 7) is 0.589. The van der Waals surface area contributed by atoms with E-state index in [1.807, 2.05) is 0 Å². The molecule has 0 saturated heterocycles. The van der Waals surface area contributed by atoms with Crippen molar-refractivity contribution in [2.75, 3.05) is 7.05 Å². The predicted molar refractivity (Wildman–Crippen MR) is 69.5 cm³/mol. The van der Waals surface area contributed by atoms with Gasteiger partial charge in [-0.3, -0.25) is 4.90 Å². The smallest absolute Gasteiger partial charge is 0.127 e. The molecule has 1 aliphatic carbocycles. The molecule has 0 unspecified atom stereocenters. The van der Waals surface area contributed by atoms with Gasteiger partial charge in [-0.05, 0) is 38.1 Å². The Hall–Kier alpha value is -1.40. The van der Waals surface area contributed by atoms with Crippen LogP contribution in [0.3, 0.4) is 0 Å². The second-order valence-corrected chi connectivity index (χ2v) is 5.12. The first-order valence-electron chi connectivity index (χ1n) is 6.59. The molecule has 0 heterocycles. The summed E-state index contributed by atoms with van der Waals surface area (Å²) in [6, 6.07) is 7.20. The summed E-state index contributed by atoms with van der Waals surface area (Å²) in [5.41, 5.74) is 1.16. The van der Waals surface area contributed by atoms with Crippen molar-refractivity contribution < 1.29 is 4.39 Å². The zero-order valence-corrected chi connectivity index (χ0v) is 10.8. The molecule has 1 saturated carbocycles. The van der Waals surface area contributed by atoms with E-state index in [1.165, 1.54) is 44.2 Å². The molecule has 1 aromatic carbocycles. The molecule has 2 rings (SSSR count). The zero-order chi connectivity index (χ0) is 13.0. The number of benzene rings is 1. The van der Waals surface area contributed by atoms with Gasteiger partial charge in [0.05, 0.1) is 11.6 Å². The third-order valence-corrected chi connectivity index (χ3v) is 3.79. The fourth-order valence-electron chi connectivity index (χ4n) is 2.69. The summed E-state index contributed by atoms with van der Waals surface area (Å²) < 4.78 is 13.7. The van der Waals surface area contributed by atoms with E-state index in [9.17, 15) is 4.39 Å². The molecule has 0 atom stereocenters. The molecule has 18 heavy (non-hydrogen) atoms. The van der Waals surface area contributed by atoms with E-state index < -0.39 is 0 Å². The minimum atomic E-state index is -0.211. The van der Waals surface area contributed by atoms with Gasteiger partial charge in [0.1, 0.15) is 5.82 Å². The van der Waals surface area contributed by atoms with Gasteiger partial charge >= 0.3 is 0 Å². The maximum absolute atomic E-state index is 13.7. The summed E-state index contributed by atoms with van der Waals surface area (Å²) in [6.07, 6.45) is 6.28. The monoisotopic (exact) mass is 246 g/mol. The van der Waals surface area contributed by atoms with Gasteiger partial charge in [0.15, 0.2) is 0 Å². The van der Waals surface area contributed by atoms with Crippen LogP contribution in [0.5, 0.6) is 0 Å². The molecule has 0 bridgehead atoms. The van der Waals surface area contributed by atoms with Crippen LogP contribution in [0, 0.1) is 17.1 Å². The molecule has 2 nitrogen and oxygen atoms in total. The summed E-state index contributed by atoms with van der Waals surface area (Å²) in [7, 11) is 2.05. The van der Waals surface area contributed by atoms with E-state index in [4.69, 9.17) is 5.26 Å². The van der Waals surface area contributed by atoms with E-state index >= 15 is 0 Å². The average Bonchev–Trinajstić information content (AvgIpc) is 2.42. The number of hydrogen-bond donors (Lipinski definition) is 0. The molecular weight excluding hydrogens is 227 g/mol. The molecule has 0 spiro atoms. The Labute approximate surface area is 108 Å². The SMILES string of the molecule is CN(Cc1cc(C#N)ccc1F)C1CCCCC1. The van der Waals surface area contributed by atoms with Crippen LogP contribution in [-0.4, -0.2) is 18.0 Å². The quantitative estimate of drug-likeness (QED) is 0.816. The van der Waals surface area contributed by atoms with Gasteiger partial charge in [-0.2, -0.15) is 5.26 Å². The third kappa shape index (κ3) is 3.08. The molecule has 3 heteroatoms. The van der Waals surface area contributed by atoms with E-state index in [1.54, 1.807) is 6.07 Å². The Morgan fingerprint density at radius 2 is 2.06 bits per heavy atom. The Morgan fingerprint density at radius 3 is 2.72 bits per heavy atom. The lowest BCUT2D eigenvalue weighted by molar-refractivity contribution is 0.182. The number of hydrogen-bond acceptors (Lipinski definition) is 2. The van der Waals surface area contributed by atoms with Crippen molar-refractivity contribution in [2.24, 2.45) is 0 Å². The van der Waals surface area contributed by atoms with E-state index in [0.29, 0.717) is 23.7 Å². The molecule has 0 N–H and O–H groups in total. The highest BCUT2D eigenvalue weighted by molar-refractivity contribution is 5.33. The Kier molecular flexibility index (Phi) is 4.33. The van der Waals surface area contributed by atoms with Crippen LogP contribution in [0.25, 0.3) is 0 Å². The van der Waals surface area contributed by atoms with Gasteiger partial charge in [0, 0.05) is 18.2 Å². The molecule has 0 amide bonds. The first-order valence-corrected chi connectivity index (χ1v) is 6.59. The standard InChI is InChI=1S/C15H19FN2/c1-18(14-5-3-2-4-6-14)11-13-9-12(10-17)7-8-15(13)16/h7-9,14H,2-6,11H2,1H3. The fourth-order valence-corrected chi connectivity index (χ4v) is 2.69. The summed E-state index contributed by atoms with van der Waals surface area (Å²) in [5, 5.41) is 8.85. The lowest BCUT2D eigenvalue weighted by atomic mass is 9.94. The van der Waals surface area contributed by atoms with E-state index in [-0.39, 0.29) is 5.82 Å². The van der Waals surface area contributed by atoms with Crippen molar-refractivity contribution in [3.05, 3.63) is 35.1 Å². The molecule has 1 aliphatic rings. The highest BCUT2D eigenvalue weighted by Crippen LogP contribution is 2.23. The van der Waals surface area contributed by atoms with E-state index in [0.717, 1.165) is 0 Å². The number of rotatable bonds is 3. The van der Waals surface area contributed by atoms with Crippen molar-refractivity contribution in [3.8, 4) is 6.07 Å². The zero-order valence-electron chi connectivity index (χ0n) is 10.8. The van der Waals surface area contributed by atoms with Crippen molar-refractivity contribution in [3.63, 3.8) is 0 Å². The van der Waals surface area contributed by atoms with Crippen LogP contribution in [0.1, 0.15) is 43.2 Å². The van der Waals surface area contributed by atoms with Gasteiger partial charge in [0.25, 0.3) is 0 Å². The largest absolute Gasteiger partial charge is 0.299 e. The molecule has 0 aliphatic heterocycles. The second-order valence-electron chi connectivity index (χ2n) is 5.12. The van der Waals surface area contributed by atoms with Crippen LogP contribution in [0.4, 0.5) is 4.39 Å². The maximum atomic E-state index is 13.7. The van der Waals surface area contributed by atoms with Crippen LogP contribution in [0.15, 0.2) is 18.2 Å². The Bertz CT molecular complexity index is 444. The van der Waals surface area contributed by atoms with Crippen molar-refractivity contribution in [1.82, 2.24) is 4.90 Å². The molecular formula is C15H19FN2. The fraction of sp³-hybridized carbons (Fsp3) is 0.533. The van der Waals surface area contributed by atoms with Crippen LogP contribution in [0.2, 0.25) is 0 Å². The predicted octanol–water partition coefficient (Wildman–Crippen LogP) is 3.46. The average molecular weight is 246 g/mol. The highest BCUT2D eigenvalue weighted by Gasteiger charge is 2.19.